The van der Waals surface area contributed by atoms with E-state index in [0.717, 1.165) is 22.4 Å². The maximum absolute atomic E-state index is 13.1. The highest BCUT2D eigenvalue weighted by molar-refractivity contribution is 8.27. The molecule has 196 valence electrons. The Morgan fingerprint density at radius 1 is 1.03 bits per heavy atom. The normalized spacial score (nSPS) is 14.2. The third-order valence-corrected chi connectivity index (χ3v) is 7.58. The van der Waals surface area contributed by atoms with Crippen LogP contribution in [-0.2, 0) is 9.59 Å². The second kappa shape index (κ2) is 12.2. The maximum atomic E-state index is 13.1. The summed E-state index contributed by atoms with van der Waals surface area (Å²) in [5, 5.41) is 3.59. The molecule has 10 heteroatoms. The lowest BCUT2D eigenvalue weighted by Crippen LogP contribution is -2.27. The summed E-state index contributed by atoms with van der Waals surface area (Å²) in [6.45, 7) is 6.00. The number of halogens is 2. The molecule has 1 heterocycles. The third-order valence-electron chi connectivity index (χ3n) is 5.54. The molecule has 0 unspecified atom stereocenters. The Bertz CT molecular complexity index is 1460. The summed E-state index contributed by atoms with van der Waals surface area (Å²) >= 11 is 18.8. The molecule has 1 aliphatic heterocycles. The molecule has 0 atom stereocenters. The zero-order valence-corrected chi connectivity index (χ0v) is 24.0. The van der Waals surface area contributed by atoms with Crippen molar-refractivity contribution in [1.82, 2.24) is 0 Å². The van der Waals surface area contributed by atoms with Gasteiger partial charge in [0.1, 0.15) is 0 Å². The summed E-state index contributed by atoms with van der Waals surface area (Å²) in [5.41, 5.74) is 4.10. The van der Waals surface area contributed by atoms with Gasteiger partial charge in [-0.15, -0.1) is 0 Å². The van der Waals surface area contributed by atoms with Crippen LogP contribution < -0.4 is 19.7 Å². The number of carbonyl (C=O) groups excluding carboxylic acids is 2. The van der Waals surface area contributed by atoms with Crippen molar-refractivity contribution < 1.29 is 19.1 Å². The predicted octanol–water partition coefficient (Wildman–Crippen LogP) is 7.43. The summed E-state index contributed by atoms with van der Waals surface area (Å²) in [6.07, 6.45) is 1.73. The molecular formula is C28H24Cl2N2O4S2. The molecule has 0 saturated carbocycles. The summed E-state index contributed by atoms with van der Waals surface area (Å²) < 4.78 is 11.9. The Kier molecular flexibility index (Phi) is 8.99. The lowest BCUT2D eigenvalue weighted by Gasteiger charge is -2.15. The topological polar surface area (TPSA) is 67.9 Å². The van der Waals surface area contributed by atoms with Crippen LogP contribution in [0.1, 0.15) is 23.6 Å². The monoisotopic (exact) mass is 586 g/mol. The van der Waals surface area contributed by atoms with Crippen LogP contribution >= 0.6 is 47.2 Å². The molecular weight excluding hydrogens is 563 g/mol. The van der Waals surface area contributed by atoms with Crippen molar-refractivity contribution in [2.45, 2.75) is 20.8 Å². The van der Waals surface area contributed by atoms with Crippen molar-refractivity contribution in [2.75, 3.05) is 23.4 Å². The number of hydrogen-bond acceptors (Lipinski definition) is 6. The molecule has 0 aliphatic carbocycles. The molecule has 0 aromatic heterocycles. The molecule has 3 aromatic rings. The molecule has 1 N–H and O–H groups in total. The average Bonchev–Trinajstić information content (AvgIpc) is 3.14. The standard InChI is InChI=1S/C28H24Cl2N2O4S2/c1-4-35-24-12-18(6-10-23(24)36-15-26(33)31-22-9-5-16(2)11-17(22)3)13-25-27(34)32(28(37)38-25)19-7-8-20(29)21(30)14-19/h5-14H,4,15H2,1-3H3,(H,31,33)/b25-13-. The minimum atomic E-state index is -0.283. The zero-order chi connectivity index (χ0) is 27.4. The summed E-state index contributed by atoms with van der Waals surface area (Å²) in [6, 6.07) is 16.0. The number of rotatable bonds is 8. The second-order valence-electron chi connectivity index (χ2n) is 8.41. The Morgan fingerprint density at radius 3 is 2.53 bits per heavy atom. The molecule has 0 bridgehead atoms. The van der Waals surface area contributed by atoms with Gasteiger partial charge in [0.15, 0.2) is 22.4 Å². The SMILES string of the molecule is CCOc1cc(/C=C2\SC(=S)N(c3ccc(Cl)c(Cl)c3)C2=O)ccc1OCC(=O)Nc1ccc(C)cc1C. The number of aryl methyl sites for hydroxylation is 2. The average molecular weight is 588 g/mol. The number of benzene rings is 3. The van der Waals surface area contributed by atoms with E-state index in [4.69, 9.17) is 44.9 Å². The molecule has 1 saturated heterocycles. The number of thiocarbonyl (C=S) groups is 1. The first-order valence-electron chi connectivity index (χ1n) is 11.7. The molecule has 1 fully saturated rings. The number of ether oxygens (including phenoxy) is 2. The first-order valence-corrected chi connectivity index (χ1v) is 13.6. The van der Waals surface area contributed by atoms with E-state index in [1.165, 1.54) is 16.7 Å². The first kappa shape index (κ1) is 28.0. The van der Waals surface area contributed by atoms with Gasteiger partial charge in [0, 0.05) is 5.69 Å². The van der Waals surface area contributed by atoms with Gasteiger partial charge in [-0.2, -0.15) is 0 Å². The van der Waals surface area contributed by atoms with Crippen LogP contribution in [0.25, 0.3) is 6.08 Å². The largest absolute Gasteiger partial charge is 0.490 e. The van der Waals surface area contributed by atoms with Crippen molar-refractivity contribution in [3.05, 3.63) is 86.2 Å². The van der Waals surface area contributed by atoms with Crippen LogP contribution in [-0.4, -0.2) is 29.3 Å². The van der Waals surface area contributed by atoms with Crippen molar-refractivity contribution in [1.29, 1.82) is 0 Å². The molecule has 1 aliphatic rings. The summed E-state index contributed by atoms with van der Waals surface area (Å²) in [5.74, 6) is 0.331. The van der Waals surface area contributed by atoms with E-state index in [9.17, 15) is 9.59 Å². The zero-order valence-electron chi connectivity index (χ0n) is 20.8. The van der Waals surface area contributed by atoms with E-state index in [0.29, 0.717) is 43.1 Å². The molecule has 38 heavy (non-hydrogen) atoms. The molecule has 3 aromatic carbocycles. The minimum absolute atomic E-state index is 0.185. The van der Waals surface area contributed by atoms with Gasteiger partial charge < -0.3 is 14.8 Å². The van der Waals surface area contributed by atoms with E-state index < -0.39 is 0 Å². The van der Waals surface area contributed by atoms with Crippen LogP contribution in [0.2, 0.25) is 10.0 Å². The molecule has 0 radical (unpaired) electrons. The molecule has 4 rings (SSSR count). The number of amides is 2. The third kappa shape index (κ3) is 6.50. The highest BCUT2D eigenvalue weighted by Crippen LogP contribution is 2.39. The highest BCUT2D eigenvalue weighted by atomic mass is 35.5. The first-order chi connectivity index (χ1) is 18.2. The van der Waals surface area contributed by atoms with Gasteiger partial charge in [-0.1, -0.05) is 70.9 Å². The van der Waals surface area contributed by atoms with Crippen molar-refractivity contribution >= 4 is 80.8 Å². The van der Waals surface area contributed by atoms with Crippen LogP contribution in [0, 0.1) is 13.8 Å². The fraction of sp³-hybridized carbons (Fsp3) is 0.179. The van der Waals surface area contributed by atoms with Gasteiger partial charge in [0.05, 0.1) is 27.2 Å². The Balaban J connectivity index is 1.48. The van der Waals surface area contributed by atoms with Gasteiger partial charge in [-0.3, -0.25) is 14.5 Å². The van der Waals surface area contributed by atoms with Gasteiger partial charge in [0.25, 0.3) is 11.8 Å². The van der Waals surface area contributed by atoms with Crippen molar-refractivity contribution in [2.24, 2.45) is 0 Å². The Morgan fingerprint density at radius 2 is 1.82 bits per heavy atom. The van der Waals surface area contributed by atoms with Crippen LogP contribution in [0.4, 0.5) is 11.4 Å². The van der Waals surface area contributed by atoms with Gasteiger partial charge in [-0.05, 0) is 74.4 Å². The molecule has 2 amide bonds. The van der Waals surface area contributed by atoms with E-state index in [1.807, 2.05) is 39.0 Å². The molecule has 6 nitrogen and oxygen atoms in total. The predicted molar refractivity (Wildman–Crippen MR) is 160 cm³/mol. The number of nitrogens with one attached hydrogen (secondary N) is 1. The van der Waals surface area contributed by atoms with Crippen molar-refractivity contribution in [3.8, 4) is 11.5 Å². The highest BCUT2D eigenvalue weighted by Gasteiger charge is 2.33. The van der Waals surface area contributed by atoms with Gasteiger partial charge >= 0.3 is 0 Å². The number of carbonyl (C=O) groups is 2. The Hall–Kier alpha value is -3.04. The Labute approximate surface area is 240 Å². The van der Waals surface area contributed by atoms with Crippen LogP contribution in [0.15, 0.2) is 59.5 Å². The fourth-order valence-electron chi connectivity index (χ4n) is 3.75. The lowest BCUT2D eigenvalue weighted by molar-refractivity contribution is -0.118. The smallest absolute Gasteiger partial charge is 0.270 e. The van der Waals surface area contributed by atoms with Gasteiger partial charge in [-0.25, -0.2) is 0 Å². The quantitative estimate of drug-likeness (QED) is 0.218. The van der Waals surface area contributed by atoms with Crippen LogP contribution in [0.3, 0.4) is 0 Å². The fourth-order valence-corrected chi connectivity index (χ4v) is 5.34. The lowest BCUT2D eigenvalue weighted by atomic mass is 10.1. The van der Waals surface area contributed by atoms with Crippen molar-refractivity contribution in [3.63, 3.8) is 0 Å². The minimum Gasteiger partial charge on any atom is -0.490 e. The van der Waals surface area contributed by atoms with E-state index in [2.05, 4.69) is 5.32 Å². The summed E-state index contributed by atoms with van der Waals surface area (Å²) in [4.78, 5) is 27.5. The van der Waals surface area contributed by atoms with Gasteiger partial charge in [0.2, 0.25) is 0 Å². The number of hydrogen-bond donors (Lipinski definition) is 1. The number of anilines is 2. The van der Waals surface area contributed by atoms with E-state index in [1.54, 1.807) is 42.5 Å². The van der Waals surface area contributed by atoms with Crippen LogP contribution in [0.5, 0.6) is 11.5 Å². The van der Waals surface area contributed by atoms with E-state index >= 15 is 0 Å². The molecule has 0 spiro atoms. The number of nitrogens with zero attached hydrogens (tertiary/aromatic N) is 1. The van der Waals surface area contributed by atoms with E-state index in [-0.39, 0.29) is 18.4 Å². The summed E-state index contributed by atoms with van der Waals surface area (Å²) in [7, 11) is 0. The second-order valence-corrected chi connectivity index (χ2v) is 10.9. The maximum Gasteiger partial charge on any atom is 0.270 e. The number of thioether (sulfide) groups is 1.